The number of ether oxygens (including phenoxy) is 1. The van der Waals surface area contributed by atoms with Crippen LogP contribution in [0.3, 0.4) is 0 Å². The van der Waals surface area contributed by atoms with Crippen molar-refractivity contribution in [3.05, 3.63) is 65.6 Å². The molecule has 3 N–H and O–H groups in total. The van der Waals surface area contributed by atoms with Crippen LogP contribution < -0.4 is 10.5 Å². The van der Waals surface area contributed by atoms with Crippen LogP contribution in [0.2, 0.25) is 0 Å². The van der Waals surface area contributed by atoms with Gasteiger partial charge in [-0.05, 0) is 72.9 Å². The zero-order chi connectivity index (χ0) is 24.9. The number of amides is 1. The quantitative estimate of drug-likeness (QED) is 0.540. The topological polar surface area (TPSA) is 105 Å². The highest BCUT2D eigenvalue weighted by Crippen LogP contribution is 2.37. The van der Waals surface area contributed by atoms with Crippen molar-refractivity contribution in [3.63, 3.8) is 0 Å². The maximum atomic E-state index is 14.6. The number of nitrogens with two attached hydrogens (primary N) is 1. The number of aliphatic hydroxyl groups excluding tert-OH is 1. The minimum atomic E-state index is -0.622. The van der Waals surface area contributed by atoms with E-state index in [4.69, 9.17) is 15.7 Å². The van der Waals surface area contributed by atoms with Crippen LogP contribution in [0, 0.1) is 17.1 Å². The third kappa shape index (κ3) is 5.06. The normalized spacial score (nSPS) is 15.6. The predicted molar refractivity (Wildman–Crippen MR) is 131 cm³/mol. The molecule has 0 unspecified atom stereocenters. The number of likely N-dealkylation sites (tertiary alicyclic amines) is 1. The fraction of sp³-hybridized carbons (Fsp3) is 0.333. The summed E-state index contributed by atoms with van der Waals surface area (Å²) in [5.74, 6) is -0.0799. The van der Waals surface area contributed by atoms with Crippen molar-refractivity contribution >= 4 is 5.91 Å². The van der Waals surface area contributed by atoms with Gasteiger partial charge in [-0.25, -0.2) is 4.39 Å². The molecule has 35 heavy (non-hydrogen) atoms. The Morgan fingerprint density at radius 2 is 1.97 bits per heavy atom. The van der Waals surface area contributed by atoms with Crippen molar-refractivity contribution in [1.82, 2.24) is 9.47 Å². The molecular weight excluding hydrogens is 447 g/mol. The van der Waals surface area contributed by atoms with E-state index in [0.29, 0.717) is 48.6 Å². The van der Waals surface area contributed by atoms with Crippen LogP contribution in [-0.4, -0.2) is 53.3 Å². The van der Waals surface area contributed by atoms with E-state index in [-0.39, 0.29) is 24.1 Å². The molecule has 0 saturated carbocycles. The number of piperidine rings is 1. The van der Waals surface area contributed by atoms with Gasteiger partial charge in [-0.3, -0.25) is 4.79 Å². The maximum Gasteiger partial charge on any atom is 0.270 e. The van der Waals surface area contributed by atoms with E-state index in [1.54, 1.807) is 24.1 Å². The van der Waals surface area contributed by atoms with Crippen molar-refractivity contribution in [1.29, 1.82) is 5.26 Å². The summed E-state index contributed by atoms with van der Waals surface area (Å²) in [6.07, 6.45) is 2.16. The summed E-state index contributed by atoms with van der Waals surface area (Å²) in [4.78, 5) is 15.4. The molecule has 7 nitrogen and oxygen atoms in total. The van der Waals surface area contributed by atoms with Crippen LogP contribution >= 0.6 is 0 Å². The molecular formula is C27H29FN4O3. The third-order valence-corrected chi connectivity index (χ3v) is 6.36. The number of aliphatic hydroxyl groups is 1. The van der Waals surface area contributed by atoms with Gasteiger partial charge >= 0.3 is 0 Å². The summed E-state index contributed by atoms with van der Waals surface area (Å²) in [7, 11) is 1.59. The summed E-state index contributed by atoms with van der Waals surface area (Å²) in [5, 5.41) is 18.7. The van der Waals surface area contributed by atoms with Gasteiger partial charge in [-0.2, -0.15) is 5.26 Å². The molecule has 2 heterocycles. The van der Waals surface area contributed by atoms with E-state index in [1.165, 1.54) is 12.1 Å². The van der Waals surface area contributed by atoms with Gasteiger partial charge < -0.3 is 25.0 Å². The first kappa shape index (κ1) is 24.5. The number of nitriles is 1. The van der Waals surface area contributed by atoms with Gasteiger partial charge in [-0.15, -0.1) is 0 Å². The lowest BCUT2D eigenvalue weighted by molar-refractivity contribution is 0.0697. The summed E-state index contributed by atoms with van der Waals surface area (Å²) >= 11 is 0. The Morgan fingerprint density at radius 3 is 2.60 bits per heavy atom. The van der Waals surface area contributed by atoms with Gasteiger partial charge in [0.1, 0.15) is 23.3 Å². The van der Waals surface area contributed by atoms with Crippen LogP contribution in [0.15, 0.2) is 48.5 Å². The molecule has 0 radical (unpaired) electrons. The molecule has 0 spiro atoms. The largest absolute Gasteiger partial charge is 0.497 e. The Kier molecular flexibility index (Phi) is 7.49. The van der Waals surface area contributed by atoms with Crippen molar-refractivity contribution in [3.8, 4) is 34.2 Å². The molecule has 1 aliphatic rings. The molecule has 1 amide bonds. The molecule has 4 rings (SSSR count). The van der Waals surface area contributed by atoms with Crippen molar-refractivity contribution in [2.24, 2.45) is 5.73 Å². The average Bonchev–Trinajstić information content (AvgIpc) is 3.26. The first-order chi connectivity index (χ1) is 17.0. The smallest absolute Gasteiger partial charge is 0.270 e. The second kappa shape index (κ2) is 10.7. The number of halogens is 1. The van der Waals surface area contributed by atoms with Crippen LogP contribution in [-0.2, 0) is 6.54 Å². The molecule has 182 valence electrons. The minimum Gasteiger partial charge on any atom is -0.497 e. The second-order valence-electron chi connectivity index (χ2n) is 8.71. The molecule has 1 saturated heterocycles. The van der Waals surface area contributed by atoms with Crippen molar-refractivity contribution in [2.75, 3.05) is 26.8 Å². The van der Waals surface area contributed by atoms with E-state index >= 15 is 0 Å². The van der Waals surface area contributed by atoms with Gasteiger partial charge in [0.2, 0.25) is 0 Å². The van der Waals surface area contributed by atoms with Crippen LogP contribution in [0.25, 0.3) is 22.4 Å². The summed E-state index contributed by atoms with van der Waals surface area (Å²) in [6, 6.07) is 15.4. The fourth-order valence-corrected chi connectivity index (χ4v) is 4.60. The maximum absolute atomic E-state index is 14.6. The number of methoxy groups -OCH3 is 1. The highest BCUT2D eigenvalue weighted by Gasteiger charge is 2.28. The van der Waals surface area contributed by atoms with Gasteiger partial charge in [0.05, 0.1) is 18.4 Å². The lowest BCUT2D eigenvalue weighted by atomic mass is 9.99. The molecule has 0 bridgehead atoms. The Bertz CT molecular complexity index is 1250. The fourth-order valence-electron chi connectivity index (χ4n) is 4.60. The number of carbonyl (C=O) groups is 1. The van der Waals surface area contributed by atoms with Gasteiger partial charge in [0.15, 0.2) is 0 Å². The van der Waals surface area contributed by atoms with E-state index in [2.05, 4.69) is 0 Å². The first-order valence-corrected chi connectivity index (χ1v) is 11.7. The average molecular weight is 477 g/mol. The van der Waals surface area contributed by atoms with Crippen LogP contribution in [0.5, 0.6) is 5.75 Å². The molecule has 1 aromatic heterocycles. The van der Waals surface area contributed by atoms with Crippen LogP contribution in [0.1, 0.15) is 35.3 Å². The minimum absolute atomic E-state index is 0.0384. The summed E-state index contributed by atoms with van der Waals surface area (Å²) in [5.41, 5.74) is 9.32. The van der Waals surface area contributed by atoms with E-state index < -0.39 is 5.82 Å². The predicted octanol–water partition coefficient (Wildman–Crippen LogP) is 3.79. The number of hydrogen-bond donors (Lipinski definition) is 2. The Hall–Kier alpha value is -3.67. The molecule has 1 fully saturated rings. The Morgan fingerprint density at radius 1 is 1.23 bits per heavy atom. The van der Waals surface area contributed by atoms with Gasteiger partial charge in [0.25, 0.3) is 5.91 Å². The molecule has 3 aromatic rings. The number of aromatic nitrogens is 1. The summed E-state index contributed by atoms with van der Waals surface area (Å²) < 4.78 is 21.8. The number of carbonyl (C=O) groups excluding carboxylic acids is 1. The monoisotopic (exact) mass is 476 g/mol. The van der Waals surface area contributed by atoms with Crippen molar-refractivity contribution < 1.29 is 19.0 Å². The first-order valence-electron chi connectivity index (χ1n) is 11.7. The van der Waals surface area contributed by atoms with Gasteiger partial charge in [0, 0.05) is 37.8 Å². The molecule has 2 aromatic carbocycles. The van der Waals surface area contributed by atoms with E-state index in [9.17, 15) is 14.3 Å². The highest BCUT2D eigenvalue weighted by molar-refractivity contribution is 5.98. The number of nitrogens with zero attached hydrogens (tertiary/aromatic N) is 3. The SMILES string of the molecule is COc1ccc(-c2c(-c3ccc(C#N)c(F)c3)cc(C(=O)N3CCC[C@@H](N)C3)n2CCCO)cc1. The van der Waals surface area contributed by atoms with Crippen LogP contribution in [0.4, 0.5) is 4.39 Å². The Labute approximate surface area is 204 Å². The highest BCUT2D eigenvalue weighted by atomic mass is 19.1. The van der Waals surface area contributed by atoms with E-state index in [1.807, 2.05) is 34.9 Å². The van der Waals surface area contributed by atoms with Crippen molar-refractivity contribution in [2.45, 2.75) is 31.8 Å². The van der Waals surface area contributed by atoms with E-state index in [0.717, 1.165) is 24.1 Å². The Balaban J connectivity index is 1.91. The lowest BCUT2D eigenvalue weighted by Gasteiger charge is -2.31. The lowest BCUT2D eigenvalue weighted by Crippen LogP contribution is -2.46. The molecule has 8 heteroatoms. The third-order valence-electron chi connectivity index (χ3n) is 6.36. The second-order valence-corrected chi connectivity index (χ2v) is 8.71. The summed E-state index contributed by atoms with van der Waals surface area (Å²) in [6.45, 7) is 1.46. The zero-order valence-electron chi connectivity index (χ0n) is 19.7. The van der Waals surface area contributed by atoms with Gasteiger partial charge in [-0.1, -0.05) is 6.07 Å². The standard InChI is InChI=1S/C27H29FN4O3/c1-35-22-9-7-18(8-10-22)26-23(19-5-6-20(16-29)24(28)14-19)15-25(32(26)12-3-13-33)27(34)31-11-2-4-21(30)17-31/h5-10,14-15,21,33H,2-4,11-13,17,30H2,1H3/t21-/m1/s1. The number of hydrogen-bond acceptors (Lipinski definition) is 5. The number of rotatable bonds is 7. The molecule has 0 aliphatic carbocycles. The number of benzene rings is 2. The molecule has 1 atom stereocenters. The molecule has 1 aliphatic heterocycles. The zero-order valence-corrected chi connectivity index (χ0v) is 19.7.